The van der Waals surface area contributed by atoms with Crippen LogP contribution in [0.1, 0.15) is 24.8 Å². The Morgan fingerprint density at radius 2 is 2.13 bits per heavy atom. The Bertz CT molecular complexity index is 312. The normalized spacial score (nSPS) is 14.3. The fraction of sp³-hybridized carbons (Fsp3) is 0.455. The molecule has 2 unspecified atom stereocenters. The van der Waals surface area contributed by atoms with Crippen LogP contribution < -0.4 is 5.73 Å². The lowest BCUT2D eigenvalue weighted by Crippen LogP contribution is -2.27. The standard InChI is InChI=1S/C11H16N2O2/c1-8(12)10(7-11(14)15-2)9-3-5-13-6-4-9/h3-6,8,10H,7,12H2,1-2H3. The lowest BCUT2D eigenvalue weighted by Gasteiger charge is -2.19. The topological polar surface area (TPSA) is 65.2 Å². The van der Waals surface area contributed by atoms with Gasteiger partial charge in [-0.1, -0.05) is 0 Å². The summed E-state index contributed by atoms with van der Waals surface area (Å²) in [6.07, 6.45) is 3.70. The number of carbonyl (C=O) groups excluding carboxylic acids is 1. The largest absolute Gasteiger partial charge is 0.469 e. The number of aromatic nitrogens is 1. The van der Waals surface area contributed by atoms with Gasteiger partial charge in [0.1, 0.15) is 0 Å². The van der Waals surface area contributed by atoms with Crippen molar-refractivity contribution in [3.63, 3.8) is 0 Å². The third-order valence-corrected chi connectivity index (χ3v) is 2.38. The molecule has 1 rings (SSSR count). The zero-order chi connectivity index (χ0) is 11.3. The number of esters is 1. The zero-order valence-corrected chi connectivity index (χ0v) is 9.01. The molecule has 0 aliphatic carbocycles. The summed E-state index contributed by atoms with van der Waals surface area (Å²) >= 11 is 0. The van der Waals surface area contributed by atoms with Crippen LogP contribution in [-0.4, -0.2) is 24.1 Å². The monoisotopic (exact) mass is 208 g/mol. The van der Waals surface area contributed by atoms with Gasteiger partial charge in [-0.25, -0.2) is 0 Å². The van der Waals surface area contributed by atoms with Crippen LogP contribution in [0.15, 0.2) is 24.5 Å². The molecule has 0 saturated carbocycles. The van der Waals surface area contributed by atoms with Gasteiger partial charge in [0.2, 0.25) is 0 Å². The number of ether oxygens (including phenoxy) is 1. The van der Waals surface area contributed by atoms with Crippen LogP contribution in [0.4, 0.5) is 0 Å². The number of hydrogen-bond donors (Lipinski definition) is 1. The second-order valence-corrected chi connectivity index (χ2v) is 3.53. The van der Waals surface area contributed by atoms with Crippen LogP contribution in [0.25, 0.3) is 0 Å². The van der Waals surface area contributed by atoms with E-state index in [1.807, 2.05) is 19.1 Å². The van der Waals surface area contributed by atoms with Crippen molar-refractivity contribution >= 4 is 5.97 Å². The number of nitrogens with zero attached hydrogens (tertiary/aromatic N) is 1. The molecule has 82 valence electrons. The predicted molar refractivity (Wildman–Crippen MR) is 57.3 cm³/mol. The van der Waals surface area contributed by atoms with Crippen molar-refractivity contribution in [2.45, 2.75) is 25.3 Å². The van der Waals surface area contributed by atoms with Crippen molar-refractivity contribution in [3.8, 4) is 0 Å². The van der Waals surface area contributed by atoms with Crippen LogP contribution in [-0.2, 0) is 9.53 Å². The maximum Gasteiger partial charge on any atom is 0.306 e. The lowest BCUT2D eigenvalue weighted by molar-refractivity contribution is -0.141. The first-order valence-corrected chi connectivity index (χ1v) is 4.87. The molecular formula is C11H16N2O2. The van der Waals surface area contributed by atoms with Gasteiger partial charge in [0, 0.05) is 24.4 Å². The number of carbonyl (C=O) groups is 1. The van der Waals surface area contributed by atoms with E-state index >= 15 is 0 Å². The van der Waals surface area contributed by atoms with E-state index in [9.17, 15) is 4.79 Å². The fourth-order valence-electron chi connectivity index (χ4n) is 1.48. The SMILES string of the molecule is COC(=O)CC(c1ccncc1)C(C)N. The predicted octanol–water partition coefficient (Wildman–Crippen LogP) is 1.08. The summed E-state index contributed by atoms with van der Waals surface area (Å²) in [6.45, 7) is 1.88. The summed E-state index contributed by atoms with van der Waals surface area (Å²) in [4.78, 5) is 15.1. The van der Waals surface area contributed by atoms with Gasteiger partial charge in [0.05, 0.1) is 13.5 Å². The molecule has 0 aliphatic rings. The van der Waals surface area contributed by atoms with E-state index in [0.29, 0.717) is 6.42 Å². The summed E-state index contributed by atoms with van der Waals surface area (Å²) in [5.41, 5.74) is 6.86. The first-order valence-electron chi connectivity index (χ1n) is 4.87. The molecule has 0 saturated heterocycles. The molecule has 0 aromatic carbocycles. The highest BCUT2D eigenvalue weighted by molar-refractivity contribution is 5.70. The first kappa shape index (κ1) is 11.7. The summed E-state index contributed by atoms with van der Waals surface area (Å²) in [6, 6.07) is 3.65. The van der Waals surface area contributed by atoms with Crippen LogP contribution >= 0.6 is 0 Å². The molecule has 4 nitrogen and oxygen atoms in total. The molecule has 1 aromatic rings. The van der Waals surface area contributed by atoms with E-state index in [0.717, 1.165) is 5.56 Å². The van der Waals surface area contributed by atoms with Crippen molar-refractivity contribution < 1.29 is 9.53 Å². The fourth-order valence-corrected chi connectivity index (χ4v) is 1.48. The third kappa shape index (κ3) is 3.32. The van der Waals surface area contributed by atoms with Crippen molar-refractivity contribution in [1.82, 2.24) is 4.98 Å². The number of methoxy groups -OCH3 is 1. The minimum absolute atomic E-state index is 0.0135. The average molecular weight is 208 g/mol. The van der Waals surface area contributed by atoms with Gasteiger partial charge in [0.15, 0.2) is 0 Å². The van der Waals surface area contributed by atoms with Crippen LogP contribution in [0, 0.1) is 0 Å². The Labute approximate surface area is 89.5 Å². The smallest absolute Gasteiger partial charge is 0.306 e. The van der Waals surface area contributed by atoms with Crippen LogP contribution in [0.2, 0.25) is 0 Å². The number of nitrogens with two attached hydrogens (primary N) is 1. The average Bonchev–Trinajstić information content (AvgIpc) is 2.26. The Kier molecular flexibility index (Phi) is 4.24. The molecule has 1 aromatic heterocycles. The van der Waals surface area contributed by atoms with E-state index < -0.39 is 0 Å². The molecular weight excluding hydrogens is 192 g/mol. The van der Waals surface area contributed by atoms with Crippen molar-refractivity contribution in [2.24, 2.45) is 5.73 Å². The van der Waals surface area contributed by atoms with Gasteiger partial charge in [-0.3, -0.25) is 9.78 Å². The minimum atomic E-state index is -0.242. The van der Waals surface area contributed by atoms with E-state index in [4.69, 9.17) is 5.73 Å². The van der Waals surface area contributed by atoms with Crippen molar-refractivity contribution in [2.75, 3.05) is 7.11 Å². The minimum Gasteiger partial charge on any atom is -0.469 e. The Morgan fingerprint density at radius 1 is 1.53 bits per heavy atom. The van der Waals surface area contributed by atoms with Gasteiger partial charge in [-0.2, -0.15) is 0 Å². The maximum atomic E-state index is 11.2. The summed E-state index contributed by atoms with van der Waals surface area (Å²) < 4.78 is 4.64. The van der Waals surface area contributed by atoms with E-state index in [2.05, 4.69) is 9.72 Å². The van der Waals surface area contributed by atoms with Crippen LogP contribution in [0.5, 0.6) is 0 Å². The number of rotatable bonds is 4. The summed E-state index contributed by atoms with van der Waals surface area (Å²) in [5.74, 6) is -0.255. The van der Waals surface area contributed by atoms with Gasteiger partial charge in [-0.05, 0) is 24.6 Å². The van der Waals surface area contributed by atoms with Gasteiger partial charge < -0.3 is 10.5 Å². The Morgan fingerprint density at radius 3 is 2.60 bits per heavy atom. The molecule has 0 radical (unpaired) electrons. The van der Waals surface area contributed by atoms with Crippen LogP contribution in [0.3, 0.4) is 0 Å². The highest BCUT2D eigenvalue weighted by atomic mass is 16.5. The summed E-state index contributed by atoms with van der Waals surface area (Å²) in [5, 5.41) is 0. The van der Waals surface area contributed by atoms with Gasteiger partial charge >= 0.3 is 5.97 Å². The zero-order valence-electron chi connectivity index (χ0n) is 9.01. The molecule has 15 heavy (non-hydrogen) atoms. The van der Waals surface area contributed by atoms with Crippen molar-refractivity contribution in [3.05, 3.63) is 30.1 Å². The molecule has 4 heteroatoms. The molecule has 0 amide bonds. The summed E-state index contributed by atoms with van der Waals surface area (Å²) in [7, 11) is 1.38. The molecule has 0 spiro atoms. The van der Waals surface area contributed by atoms with E-state index in [1.54, 1.807) is 12.4 Å². The number of pyridine rings is 1. The molecule has 2 N–H and O–H groups in total. The highest BCUT2D eigenvalue weighted by Crippen LogP contribution is 2.22. The van der Waals surface area contributed by atoms with Gasteiger partial charge in [0.25, 0.3) is 0 Å². The highest BCUT2D eigenvalue weighted by Gasteiger charge is 2.20. The second kappa shape index (κ2) is 5.46. The van der Waals surface area contributed by atoms with E-state index in [-0.39, 0.29) is 17.9 Å². The first-order chi connectivity index (χ1) is 7.15. The lowest BCUT2D eigenvalue weighted by atomic mass is 9.91. The Balaban J connectivity index is 2.79. The molecule has 2 atom stereocenters. The maximum absolute atomic E-state index is 11.2. The van der Waals surface area contributed by atoms with E-state index in [1.165, 1.54) is 7.11 Å². The number of hydrogen-bond acceptors (Lipinski definition) is 4. The quantitative estimate of drug-likeness (QED) is 0.752. The van der Waals surface area contributed by atoms with Crippen molar-refractivity contribution in [1.29, 1.82) is 0 Å². The molecule has 0 aliphatic heterocycles. The molecule has 1 heterocycles. The molecule has 0 fully saturated rings. The van der Waals surface area contributed by atoms with Gasteiger partial charge in [-0.15, -0.1) is 0 Å². The molecule has 0 bridgehead atoms. The Hall–Kier alpha value is -1.42. The third-order valence-electron chi connectivity index (χ3n) is 2.38. The second-order valence-electron chi connectivity index (χ2n) is 3.53.